The van der Waals surface area contributed by atoms with Crippen LogP contribution >= 0.6 is 0 Å². The van der Waals surface area contributed by atoms with Crippen molar-refractivity contribution in [3.05, 3.63) is 60.7 Å². The van der Waals surface area contributed by atoms with E-state index >= 15 is 0 Å². The molecule has 0 aliphatic rings. The molecule has 0 bridgehead atoms. The summed E-state index contributed by atoms with van der Waals surface area (Å²) in [5, 5.41) is 11.5. The average Bonchev–Trinajstić information content (AvgIpc) is 2.74. The lowest BCUT2D eigenvalue weighted by Gasteiger charge is -2.43. The van der Waals surface area contributed by atoms with Crippen LogP contribution in [-0.4, -0.2) is 50.8 Å². The molecule has 2 amide bonds. The number of hydrogen-bond donors (Lipinski definition) is 1. The molecule has 1 N–H and O–H groups in total. The number of benzene rings is 2. The molecule has 6 nitrogen and oxygen atoms in total. The monoisotopic (exact) mass is 429 g/mol. The van der Waals surface area contributed by atoms with Gasteiger partial charge >= 0.3 is 6.09 Å². The zero-order valence-electron chi connectivity index (χ0n) is 18.1. The Balaban J connectivity index is 2.25. The molecule has 0 atom stereocenters. The van der Waals surface area contributed by atoms with Crippen LogP contribution in [0.1, 0.15) is 33.6 Å². The van der Waals surface area contributed by atoms with Gasteiger partial charge in [0.25, 0.3) is 8.32 Å². The van der Waals surface area contributed by atoms with E-state index in [1.54, 1.807) is 0 Å². The average molecular weight is 430 g/mol. The highest BCUT2D eigenvalue weighted by molar-refractivity contribution is 6.99. The van der Waals surface area contributed by atoms with E-state index in [4.69, 9.17) is 4.43 Å². The molecule has 0 unspecified atom stereocenters. The number of aliphatic hydroxyl groups is 1. The Kier molecular flexibility index (Phi) is 8.34. The van der Waals surface area contributed by atoms with Crippen LogP contribution in [0.3, 0.4) is 0 Å². The molecule has 0 saturated heterocycles. The van der Waals surface area contributed by atoms with Gasteiger partial charge in [-0.1, -0.05) is 81.4 Å². The topological polar surface area (TPSA) is 76.1 Å². The highest BCUT2D eigenvalue weighted by Gasteiger charge is 2.49. The largest absolute Gasteiger partial charge is 0.452 e. The molecule has 0 heterocycles. The first-order valence-electron chi connectivity index (χ1n) is 10.0. The van der Waals surface area contributed by atoms with Gasteiger partial charge in [0.05, 0.1) is 7.11 Å². The number of nitrogens with zero attached hydrogens (tertiary/aromatic N) is 1. The van der Waals surface area contributed by atoms with Crippen molar-refractivity contribution in [3.63, 3.8) is 0 Å². The summed E-state index contributed by atoms with van der Waals surface area (Å²) in [6, 6.07) is 20.5. The minimum absolute atomic E-state index is 0.0772. The number of hydrogen-bond acceptors (Lipinski definition) is 5. The van der Waals surface area contributed by atoms with Gasteiger partial charge in [-0.3, -0.25) is 4.79 Å². The minimum Gasteiger partial charge on any atom is -0.452 e. The summed E-state index contributed by atoms with van der Waals surface area (Å²) in [6.45, 7) is 6.22. The van der Waals surface area contributed by atoms with Crippen molar-refractivity contribution in [1.29, 1.82) is 0 Å². The van der Waals surface area contributed by atoms with E-state index in [1.807, 2.05) is 36.4 Å². The highest BCUT2D eigenvalue weighted by Crippen LogP contribution is 2.36. The van der Waals surface area contributed by atoms with Crippen LogP contribution in [0.4, 0.5) is 4.79 Å². The Morgan fingerprint density at radius 3 is 1.87 bits per heavy atom. The molecule has 0 aliphatic heterocycles. The summed E-state index contributed by atoms with van der Waals surface area (Å²) < 4.78 is 11.2. The number of imide groups is 1. The van der Waals surface area contributed by atoms with Gasteiger partial charge in [-0.25, -0.2) is 9.69 Å². The van der Waals surface area contributed by atoms with Crippen molar-refractivity contribution in [3.8, 4) is 0 Å². The predicted octanol–water partition coefficient (Wildman–Crippen LogP) is 2.89. The molecule has 0 saturated carbocycles. The second kappa shape index (κ2) is 10.5. The van der Waals surface area contributed by atoms with Crippen LogP contribution in [0.25, 0.3) is 0 Å². The Morgan fingerprint density at radius 1 is 0.967 bits per heavy atom. The fourth-order valence-corrected chi connectivity index (χ4v) is 8.30. The SMILES string of the molecule is COC(=O)N(CO)C(=O)CCCO[Si](c1ccccc1)(c1ccccc1)C(C)(C)C. The second-order valence-corrected chi connectivity index (χ2v) is 12.4. The first-order valence-corrected chi connectivity index (χ1v) is 11.9. The molecule has 0 aliphatic carbocycles. The van der Waals surface area contributed by atoms with E-state index in [1.165, 1.54) is 17.5 Å². The lowest BCUT2D eigenvalue weighted by atomic mass is 10.2. The summed E-state index contributed by atoms with van der Waals surface area (Å²) in [5.74, 6) is -0.490. The molecule has 2 aromatic rings. The number of carbonyl (C=O) groups excluding carboxylic acids is 2. The third-order valence-electron chi connectivity index (χ3n) is 5.11. The zero-order chi connectivity index (χ0) is 22.2. The Hall–Kier alpha value is -2.48. The van der Waals surface area contributed by atoms with E-state index < -0.39 is 27.0 Å². The minimum atomic E-state index is -2.65. The lowest BCUT2D eigenvalue weighted by molar-refractivity contribution is -0.132. The van der Waals surface area contributed by atoms with E-state index in [2.05, 4.69) is 49.8 Å². The summed E-state index contributed by atoms with van der Waals surface area (Å²) in [6.07, 6.45) is -0.361. The molecular weight excluding hydrogens is 398 g/mol. The summed E-state index contributed by atoms with van der Waals surface area (Å²) in [4.78, 5) is 24.5. The second-order valence-electron chi connectivity index (χ2n) is 8.05. The number of methoxy groups -OCH3 is 1. The van der Waals surface area contributed by atoms with Crippen LogP contribution < -0.4 is 10.4 Å². The fraction of sp³-hybridized carbons (Fsp3) is 0.391. The molecule has 0 spiro atoms. The third-order valence-corrected chi connectivity index (χ3v) is 10.2. The summed E-state index contributed by atoms with van der Waals surface area (Å²) in [5.41, 5.74) is 0. The van der Waals surface area contributed by atoms with Crippen LogP contribution in [0.15, 0.2) is 60.7 Å². The van der Waals surface area contributed by atoms with Crippen LogP contribution in [0, 0.1) is 0 Å². The van der Waals surface area contributed by atoms with E-state index in [0.29, 0.717) is 17.9 Å². The molecule has 2 rings (SSSR count). The number of aliphatic hydroxyl groups excluding tert-OH is 1. The molecule has 30 heavy (non-hydrogen) atoms. The summed E-state index contributed by atoms with van der Waals surface area (Å²) >= 11 is 0. The maximum Gasteiger partial charge on any atom is 0.418 e. The molecular formula is C23H31NO5Si. The van der Waals surface area contributed by atoms with Crippen LogP contribution in [0.2, 0.25) is 5.04 Å². The van der Waals surface area contributed by atoms with Crippen molar-refractivity contribution in [2.45, 2.75) is 38.7 Å². The van der Waals surface area contributed by atoms with Gasteiger partial charge in [0, 0.05) is 13.0 Å². The predicted molar refractivity (Wildman–Crippen MR) is 119 cm³/mol. The Morgan fingerprint density at radius 2 is 1.47 bits per heavy atom. The van der Waals surface area contributed by atoms with Gasteiger partial charge in [-0.15, -0.1) is 0 Å². The maximum atomic E-state index is 12.3. The van der Waals surface area contributed by atoms with Gasteiger partial charge < -0.3 is 14.3 Å². The van der Waals surface area contributed by atoms with Gasteiger partial charge in [-0.05, 0) is 21.8 Å². The van der Waals surface area contributed by atoms with E-state index in [0.717, 1.165) is 0 Å². The molecule has 0 fully saturated rings. The van der Waals surface area contributed by atoms with Gasteiger partial charge in [0.2, 0.25) is 5.91 Å². The van der Waals surface area contributed by atoms with Crippen LogP contribution in [-0.2, 0) is 14.0 Å². The highest BCUT2D eigenvalue weighted by atomic mass is 28.4. The van der Waals surface area contributed by atoms with Crippen molar-refractivity contribution in [2.24, 2.45) is 0 Å². The number of carbonyl (C=O) groups is 2. The molecule has 2 aromatic carbocycles. The zero-order valence-corrected chi connectivity index (χ0v) is 19.1. The fourth-order valence-electron chi connectivity index (χ4n) is 3.69. The standard InChI is InChI=1S/C23H31NO5Si/c1-23(2,3)30(19-12-7-5-8-13-19,20-14-9-6-10-15-20)29-17-11-16-21(26)24(18-25)22(27)28-4/h5-10,12-15,25H,11,16-18H2,1-4H3. The van der Waals surface area contributed by atoms with Gasteiger partial charge in [0.15, 0.2) is 0 Å². The molecule has 0 aromatic heterocycles. The number of amides is 2. The first-order chi connectivity index (χ1) is 14.3. The smallest absolute Gasteiger partial charge is 0.418 e. The van der Waals surface area contributed by atoms with Gasteiger partial charge in [-0.2, -0.15) is 0 Å². The number of ether oxygens (including phenoxy) is 1. The van der Waals surface area contributed by atoms with Crippen LogP contribution in [0.5, 0.6) is 0 Å². The quantitative estimate of drug-likeness (QED) is 0.397. The third kappa shape index (κ3) is 5.16. The Bertz CT molecular complexity index is 781. The van der Waals surface area contributed by atoms with Crippen molar-refractivity contribution < 1.29 is 23.9 Å². The first kappa shape index (κ1) is 23.8. The Labute approximate surface area is 179 Å². The summed E-state index contributed by atoms with van der Waals surface area (Å²) in [7, 11) is -1.48. The van der Waals surface area contributed by atoms with Crippen molar-refractivity contribution in [2.75, 3.05) is 20.4 Å². The number of rotatable bonds is 8. The van der Waals surface area contributed by atoms with E-state index in [9.17, 15) is 14.7 Å². The van der Waals surface area contributed by atoms with Crippen molar-refractivity contribution in [1.82, 2.24) is 4.90 Å². The van der Waals surface area contributed by atoms with E-state index in [-0.39, 0.29) is 11.5 Å². The maximum absolute atomic E-state index is 12.3. The molecule has 0 radical (unpaired) electrons. The van der Waals surface area contributed by atoms with Gasteiger partial charge in [0.1, 0.15) is 6.73 Å². The van der Waals surface area contributed by atoms with Crippen molar-refractivity contribution >= 4 is 30.7 Å². The lowest BCUT2D eigenvalue weighted by Crippen LogP contribution is -2.66. The molecule has 7 heteroatoms. The molecule has 162 valence electrons. The normalized spacial score (nSPS) is 11.8.